The second kappa shape index (κ2) is 10.3. The third-order valence-electron chi connectivity index (χ3n) is 4.53. The molecule has 0 saturated carbocycles. The van der Waals surface area contributed by atoms with Gasteiger partial charge >= 0.3 is 0 Å². The first-order valence-electron chi connectivity index (χ1n) is 9.28. The highest BCUT2D eigenvalue weighted by Gasteiger charge is 2.25. The number of hydrogen-bond donors (Lipinski definition) is 1. The van der Waals surface area contributed by atoms with Crippen LogP contribution in [0.15, 0.2) is 53.0 Å². The Labute approximate surface area is 170 Å². The molecule has 0 aliphatic rings. The highest BCUT2D eigenvalue weighted by molar-refractivity contribution is 9.10. The highest BCUT2D eigenvalue weighted by Crippen LogP contribution is 2.16. The summed E-state index contributed by atoms with van der Waals surface area (Å²) >= 11 is 3.42. The molecule has 1 atom stereocenters. The van der Waals surface area contributed by atoms with Gasteiger partial charge in [0.25, 0.3) is 0 Å². The molecule has 5 heteroatoms. The fraction of sp³-hybridized carbons (Fsp3) is 0.364. The first-order valence-corrected chi connectivity index (χ1v) is 10.1. The van der Waals surface area contributed by atoms with Crippen molar-refractivity contribution in [2.24, 2.45) is 0 Å². The molecule has 2 rings (SSSR count). The molecular formula is C22H27BrN2O2. The summed E-state index contributed by atoms with van der Waals surface area (Å²) in [6.07, 6.45) is 1.04. The molecule has 2 aromatic carbocycles. The van der Waals surface area contributed by atoms with Crippen LogP contribution in [0, 0.1) is 6.92 Å². The lowest BCUT2D eigenvalue weighted by Gasteiger charge is -2.29. The number of likely N-dealkylation sites (N-methyl/N-ethyl adjacent to an activating group) is 1. The second-order valence-electron chi connectivity index (χ2n) is 6.70. The number of amides is 2. The molecule has 0 radical (unpaired) electrons. The topological polar surface area (TPSA) is 49.4 Å². The molecule has 0 saturated heterocycles. The Balaban J connectivity index is 2.11. The van der Waals surface area contributed by atoms with E-state index in [1.165, 1.54) is 5.56 Å². The Hall–Kier alpha value is -2.14. The van der Waals surface area contributed by atoms with Crippen LogP contribution in [0.4, 0.5) is 0 Å². The lowest BCUT2D eigenvalue weighted by molar-refractivity contribution is -0.140. The van der Waals surface area contributed by atoms with Gasteiger partial charge in [0.05, 0.1) is 0 Å². The van der Waals surface area contributed by atoms with Gasteiger partial charge in [0.2, 0.25) is 11.8 Å². The second-order valence-corrected chi connectivity index (χ2v) is 7.62. The molecule has 144 valence electrons. The summed E-state index contributed by atoms with van der Waals surface area (Å²) in [4.78, 5) is 26.9. The molecule has 0 aliphatic carbocycles. The van der Waals surface area contributed by atoms with E-state index in [1.807, 2.05) is 38.1 Å². The van der Waals surface area contributed by atoms with Crippen LogP contribution in [0.25, 0.3) is 0 Å². The zero-order chi connectivity index (χ0) is 19.8. The predicted octanol–water partition coefficient (Wildman–Crippen LogP) is 4.24. The average molecular weight is 431 g/mol. The minimum atomic E-state index is -0.515. The number of carbonyl (C=O) groups excluding carboxylic acids is 2. The third kappa shape index (κ3) is 6.51. The van der Waals surface area contributed by atoms with Gasteiger partial charge in [-0.25, -0.2) is 0 Å². The Morgan fingerprint density at radius 1 is 1.04 bits per heavy atom. The molecule has 0 spiro atoms. The molecule has 0 aliphatic heterocycles. The largest absolute Gasteiger partial charge is 0.355 e. The number of nitrogens with zero attached hydrogens (tertiary/aromatic N) is 1. The number of aryl methyl sites for hydroxylation is 2. The minimum Gasteiger partial charge on any atom is -0.355 e. The highest BCUT2D eigenvalue weighted by atomic mass is 79.9. The summed E-state index contributed by atoms with van der Waals surface area (Å²) in [7, 11) is 0. The Morgan fingerprint density at radius 3 is 2.22 bits per heavy atom. The van der Waals surface area contributed by atoms with Gasteiger partial charge < -0.3 is 10.2 Å². The van der Waals surface area contributed by atoms with Crippen molar-refractivity contribution >= 4 is 27.7 Å². The van der Waals surface area contributed by atoms with E-state index < -0.39 is 6.04 Å². The van der Waals surface area contributed by atoms with Crippen LogP contribution >= 0.6 is 15.9 Å². The van der Waals surface area contributed by atoms with Crippen LogP contribution < -0.4 is 5.32 Å². The fourth-order valence-corrected chi connectivity index (χ4v) is 3.11. The maximum Gasteiger partial charge on any atom is 0.242 e. The first kappa shape index (κ1) is 21.2. The number of carbonyl (C=O) groups is 2. The van der Waals surface area contributed by atoms with E-state index in [9.17, 15) is 9.59 Å². The maximum atomic E-state index is 12.9. The van der Waals surface area contributed by atoms with Crippen molar-refractivity contribution in [3.63, 3.8) is 0 Å². The van der Waals surface area contributed by atoms with Crippen molar-refractivity contribution in [2.75, 3.05) is 6.54 Å². The van der Waals surface area contributed by atoms with Gasteiger partial charge in [-0.1, -0.05) is 57.9 Å². The standard InChI is InChI=1S/C22H27BrN2O2/c1-4-24-22(27)17(3)25(15-19-9-12-20(23)13-10-19)21(26)14-11-18-7-5-16(2)6-8-18/h5-10,12-13,17H,4,11,14-15H2,1-3H3,(H,24,27)/t17-/m1/s1. The Morgan fingerprint density at radius 2 is 1.63 bits per heavy atom. The molecule has 0 fully saturated rings. The van der Waals surface area contributed by atoms with Crippen molar-refractivity contribution < 1.29 is 9.59 Å². The number of hydrogen-bond acceptors (Lipinski definition) is 2. The van der Waals surface area contributed by atoms with Gasteiger partial charge in [0, 0.05) is 24.0 Å². The summed E-state index contributed by atoms with van der Waals surface area (Å²) in [5.41, 5.74) is 3.33. The number of nitrogens with one attached hydrogen (secondary N) is 1. The SMILES string of the molecule is CCNC(=O)[C@@H](C)N(Cc1ccc(Br)cc1)C(=O)CCc1ccc(C)cc1. The molecule has 27 heavy (non-hydrogen) atoms. The van der Waals surface area contributed by atoms with E-state index in [-0.39, 0.29) is 11.8 Å². The van der Waals surface area contributed by atoms with E-state index in [0.717, 1.165) is 15.6 Å². The molecule has 4 nitrogen and oxygen atoms in total. The predicted molar refractivity (Wildman–Crippen MR) is 112 cm³/mol. The number of benzene rings is 2. The summed E-state index contributed by atoms with van der Waals surface area (Å²) in [5.74, 6) is -0.143. The summed E-state index contributed by atoms with van der Waals surface area (Å²) in [5, 5.41) is 2.82. The van der Waals surface area contributed by atoms with Gasteiger partial charge in [-0.15, -0.1) is 0 Å². The number of rotatable bonds is 8. The summed E-state index contributed by atoms with van der Waals surface area (Å²) in [6.45, 7) is 6.67. The van der Waals surface area contributed by atoms with Gasteiger partial charge in [0.1, 0.15) is 6.04 Å². The first-order chi connectivity index (χ1) is 12.9. The van der Waals surface area contributed by atoms with E-state index in [1.54, 1.807) is 11.8 Å². The quantitative estimate of drug-likeness (QED) is 0.680. The van der Waals surface area contributed by atoms with Gasteiger partial charge in [0.15, 0.2) is 0 Å². The van der Waals surface area contributed by atoms with Crippen molar-refractivity contribution in [1.29, 1.82) is 0 Å². The van der Waals surface area contributed by atoms with Crippen molar-refractivity contribution in [2.45, 2.75) is 46.2 Å². The number of halogens is 1. The van der Waals surface area contributed by atoms with Gasteiger partial charge in [-0.3, -0.25) is 9.59 Å². The van der Waals surface area contributed by atoms with E-state index >= 15 is 0 Å². The molecule has 0 bridgehead atoms. The Bertz CT molecular complexity index is 757. The summed E-state index contributed by atoms with van der Waals surface area (Å²) in [6, 6.07) is 15.5. The summed E-state index contributed by atoms with van der Waals surface area (Å²) < 4.78 is 0.986. The maximum absolute atomic E-state index is 12.9. The van der Waals surface area contributed by atoms with E-state index in [0.29, 0.717) is 25.9 Å². The lowest BCUT2D eigenvalue weighted by atomic mass is 10.1. The van der Waals surface area contributed by atoms with Crippen LogP contribution in [0.3, 0.4) is 0 Å². The average Bonchev–Trinajstić information content (AvgIpc) is 2.66. The molecule has 2 amide bonds. The van der Waals surface area contributed by atoms with Gasteiger partial charge in [-0.05, 0) is 50.5 Å². The zero-order valence-electron chi connectivity index (χ0n) is 16.2. The van der Waals surface area contributed by atoms with E-state index in [4.69, 9.17) is 0 Å². The van der Waals surface area contributed by atoms with Crippen LogP contribution in [0.5, 0.6) is 0 Å². The molecular weight excluding hydrogens is 404 g/mol. The normalized spacial score (nSPS) is 11.7. The molecule has 0 aromatic heterocycles. The van der Waals surface area contributed by atoms with Crippen LogP contribution in [0.2, 0.25) is 0 Å². The van der Waals surface area contributed by atoms with Crippen molar-refractivity contribution in [1.82, 2.24) is 10.2 Å². The minimum absolute atomic E-state index is 0.0164. The van der Waals surface area contributed by atoms with E-state index in [2.05, 4.69) is 45.5 Å². The van der Waals surface area contributed by atoms with Crippen LogP contribution in [-0.2, 0) is 22.6 Å². The van der Waals surface area contributed by atoms with Crippen molar-refractivity contribution in [3.8, 4) is 0 Å². The van der Waals surface area contributed by atoms with Crippen LogP contribution in [0.1, 0.15) is 37.0 Å². The van der Waals surface area contributed by atoms with Crippen LogP contribution in [-0.4, -0.2) is 29.3 Å². The fourth-order valence-electron chi connectivity index (χ4n) is 2.84. The smallest absolute Gasteiger partial charge is 0.242 e. The molecule has 0 unspecified atom stereocenters. The third-order valence-corrected chi connectivity index (χ3v) is 5.06. The zero-order valence-corrected chi connectivity index (χ0v) is 17.8. The Kier molecular flexibility index (Phi) is 8.04. The lowest BCUT2D eigenvalue weighted by Crippen LogP contribution is -2.47. The molecule has 2 aromatic rings. The van der Waals surface area contributed by atoms with Crippen molar-refractivity contribution in [3.05, 3.63) is 69.7 Å². The molecule has 0 heterocycles. The molecule has 1 N–H and O–H groups in total. The van der Waals surface area contributed by atoms with Gasteiger partial charge in [-0.2, -0.15) is 0 Å². The monoisotopic (exact) mass is 430 g/mol.